The Labute approximate surface area is 234 Å². The zero-order valence-corrected chi connectivity index (χ0v) is 27.1. The van der Waals surface area contributed by atoms with Crippen LogP contribution in [0.25, 0.3) is 0 Å². The SMILES string of the molecule is CC(=O)O.CC(=O)O.CC(C)CO.CC(C)CO.CC(C)CO.CC(C)CO.CC(C)CO.CC(C)CO. The van der Waals surface area contributed by atoms with Crippen molar-refractivity contribution < 1.29 is 50.4 Å². The second kappa shape index (κ2) is 52.2. The number of carboxylic acids is 2. The molecule has 0 saturated heterocycles. The summed E-state index contributed by atoms with van der Waals surface area (Å²) in [5.41, 5.74) is 0. The van der Waals surface area contributed by atoms with Gasteiger partial charge < -0.3 is 40.9 Å². The summed E-state index contributed by atoms with van der Waals surface area (Å²) in [5, 5.41) is 63.7. The molecule has 0 aliphatic heterocycles. The molecule has 0 bridgehead atoms. The van der Waals surface area contributed by atoms with Gasteiger partial charge in [-0.3, -0.25) is 9.59 Å². The highest BCUT2D eigenvalue weighted by Crippen LogP contribution is 1.85. The molecule has 10 nitrogen and oxygen atoms in total. The van der Waals surface area contributed by atoms with Crippen molar-refractivity contribution in [3.8, 4) is 0 Å². The van der Waals surface area contributed by atoms with E-state index < -0.39 is 11.9 Å². The fourth-order valence-corrected chi connectivity index (χ4v) is 0. The Bertz CT molecular complexity index is 302. The van der Waals surface area contributed by atoms with Crippen LogP contribution in [0.3, 0.4) is 0 Å². The molecular formula is C28H68O10. The third kappa shape index (κ3) is 344. The number of hydrogen-bond acceptors (Lipinski definition) is 8. The van der Waals surface area contributed by atoms with Crippen molar-refractivity contribution in [3.63, 3.8) is 0 Å². The van der Waals surface area contributed by atoms with Gasteiger partial charge in [-0.25, -0.2) is 0 Å². The van der Waals surface area contributed by atoms with Crippen LogP contribution in [0.2, 0.25) is 0 Å². The van der Waals surface area contributed by atoms with Crippen molar-refractivity contribution >= 4 is 11.9 Å². The molecule has 0 aliphatic rings. The van der Waals surface area contributed by atoms with E-state index in [4.69, 9.17) is 50.4 Å². The molecule has 0 radical (unpaired) electrons. The Kier molecular flexibility index (Phi) is 78.0. The van der Waals surface area contributed by atoms with Crippen molar-refractivity contribution in [3.05, 3.63) is 0 Å². The maximum Gasteiger partial charge on any atom is 0.300 e. The average molecular weight is 565 g/mol. The standard InChI is InChI=1S/6C4H10O.2C2H4O2/c6*1-4(2)3-5;2*1-2(3)4/h6*4-5H,3H2,1-2H3;2*1H3,(H,3,4). The molecule has 0 fully saturated rings. The summed E-state index contributed by atoms with van der Waals surface area (Å²) in [7, 11) is 0. The van der Waals surface area contributed by atoms with E-state index in [9.17, 15) is 0 Å². The first-order chi connectivity index (χ1) is 17.1. The first-order valence-corrected chi connectivity index (χ1v) is 13.1. The van der Waals surface area contributed by atoms with Gasteiger partial charge in [0.1, 0.15) is 0 Å². The maximum atomic E-state index is 9.00. The average Bonchev–Trinajstić information content (AvgIpc) is 2.79. The van der Waals surface area contributed by atoms with Crippen LogP contribution >= 0.6 is 0 Å². The van der Waals surface area contributed by atoms with E-state index in [1.165, 1.54) is 0 Å². The Morgan fingerprint density at radius 1 is 0.368 bits per heavy atom. The van der Waals surface area contributed by atoms with Crippen LogP contribution in [-0.2, 0) is 9.59 Å². The number of rotatable bonds is 6. The molecule has 240 valence electrons. The van der Waals surface area contributed by atoms with Crippen molar-refractivity contribution in [1.82, 2.24) is 0 Å². The van der Waals surface area contributed by atoms with Crippen molar-refractivity contribution in [2.24, 2.45) is 35.5 Å². The van der Waals surface area contributed by atoms with Gasteiger partial charge in [0.25, 0.3) is 11.9 Å². The van der Waals surface area contributed by atoms with E-state index in [1.54, 1.807) is 0 Å². The predicted molar refractivity (Wildman–Crippen MR) is 158 cm³/mol. The molecule has 0 unspecified atom stereocenters. The van der Waals surface area contributed by atoms with E-state index in [-0.39, 0.29) is 0 Å². The third-order valence-electron chi connectivity index (χ3n) is 2.19. The summed E-state index contributed by atoms with van der Waals surface area (Å²) < 4.78 is 0. The minimum Gasteiger partial charge on any atom is -0.481 e. The topological polar surface area (TPSA) is 196 Å². The minimum atomic E-state index is -0.833. The molecule has 8 N–H and O–H groups in total. The van der Waals surface area contributed by atoms with Crippen molar-refractivity contribution in [2.75, 3.05) is 39.6 Å². The predicted octanol–water partition coefficient (Wildman–Crippen LogP) is 3.99. The molecule has 0 rings (SSSR count). The van der Waals surface area contributed by atoms with E-state index in [0.29, 0.717) is 75.1 Å². The van der Waals surface area contributed by atoms with Crippen LogP contribution in [0.15, 0.2) is 0 Å². The van der Waals surface area contributed by atoms with Gasteiger partial charge in [-0.05, 0) is 35.5 Å². The lowest BCUT2D eigenvalue weighted by atomic mass is 10.2. The summed E-state index contributed by atoms with van der Waals surface area (Å²) >= 11 is 0. The Hall–Kier alpha value is -1.30. The molecule has 0 aromatic rings. The largest absolute Gasteiger partial charge is 0.481 e. The van der Waals surface area contributed by atoms with E-state index in [0.717, 1.165) is 13.8 Å². The van der Waals surface area contributed by atoms with Gasteiger partial charge in [0, 0.05) is 53.5 Å². The first-order valence-electron chi connectivity index (χ1n) is 13.1. The molecule has 0 atom stereocenters. The number of aliphatic hydroxyl groups excluding tert-OH is 6. The fraction of sp³-hybridized carbons (Fsp3) is 0.929. The summed E-state index contributed by atoms with van der Waals surface area (Å²) in [6.45, 7) is 27.7. The molecule has 0 aliphatic carbocycles. The molecule has 38 heavy (non-hydrogen) atoms. The smallest absolute Gasteiger partial charge is 0.300 e. The number of aliphatic carboxylic acids is 2. The van der Waals surface area contributed by atoms with Crippen LogP contribution in [0, 0.1) is 35.5 Å². The number of carbonyl (C=O) groups is 2. The molecule has 0 heterocycles. The van der Waals surface area contributed by atoms with Gasteiger partial charge in [0.2, 0.25) is 0 Å². The van der Waals surface area contributed by atoms with Gasteiger partial charge in [-0.2, -0.15) is 0 Å². The number of carboxylic acid groups (broad SMARTS) is 2. The number of hydrogen-bond donors (Lipinski definition) is 8. The van der Waals surface area contributed by atoms with E-state index >= 15 is 0 Å². The van der Waals surface area contributed by atoms with Crippen LogP contribution in [0.1, 0.15) is 96.9 Å². The summed E-state index contributed by atoms with van der Waals surface area (Å²) in [6, 6.07) is 0. The quantitative estimate of drug-likeness (QED) is 0.233. The van der Waals surface area contributed by atoms with Gasteiger partial charge >= 0.3 is 0 Å². The highest BCUT2D eigenvalue weighted by molar-refractivity contribution is 5.63. The van der Waals surface area contributed by atoms with Gasteiger partial charge in [-0.1, -0.05) is 83.1 Å². The normalized spacial score (nSPS) is 8.89. The van der Waals surface area contributed by atoms with Crippen LogP contribution < -0.4 is 0 Å². The highest BCUT2D eigenvalue weighted by Gasteiger charge is 1.83. The third-order valence-corrected chi connectivity index (χ3v) is 2.19. The molecule has 0 saturated carbocycles. The lowest BCUT2D eigenvalue weighted by Crippen LogP contribution is -1.90. The monoisotopic (exact) mass is 564 g/mol. The molecule has 0 aromatic heterocycles. The maximum absolute atomic E-state index is 9.00. The van der Waals surface area contributed by atoms with E-state index in [2.05, 4.69) is 0 Å². The lowest BCUT2D eigenvalue weighted by molar-refractivity contribution is -0.135. The Morgan fingerprint density at radius 3 is 0.395 bits per heavy atom. The first kappa shape index (κ1) is 56.8. The van der Waals surface area contributed by atoms with Gasteiger partial charge in [0.15, 0.2) is 0 Å². The van der Waals surface area contributed by atoms with Crippen LogP contribution in [-0.4, -0.2) is 92.4 Å². The molecule has 0 aromatic carbocycles. The Balaban J connectivity index is -0.0000000452. The molecule has 10 heteroatoms. The zero-order chi connectivity index (χ0) is 32.9. The van der Waals surface area contributed by atoms with Gasteiger partial charge in [0.05, 0.1) is 0 Å². The van der Waals surface area contributed by atoms with Crippen LogP contribution in [0.5, 0.6) is 0 Å². The molecule has 0 amide bonds. The van der Waals surface area contributed by atoms with Gasteiger partial charge in [-0.15, -0.1) is 0 Å². The lowest BCUT2D eigenvalue weighted by Gasteiger charge is -1.90. The highest BCUT2D eigenvalue weighted by atomic mass is 16.4. The second-order valence-corrected chi connectivity index (χ2v) is 10.5. The second-order valence-electron chi connectivity index (χ2n) is 10.5. The molecule has 0 spiro atoms. The van der Waals surface area contributed by atoms with Crippen molar-refractivity contribution in [2.45, 2.75) is 96.9 Å². The van der Waals surface area contributed by atoms with Crippen LogP contribution in [0.4, 0.5) is 0 Å². The number of aliphatic hydroxyl groups is 6. The zero-order valence-electron chi connectivity index (χ0n) is 27.1. The summed E-state index contributed by atoms with van der Waals surface area (Å²) in [5.74, 6) is 0.972. The van der Waals surface area contributed by atoms with Crippen molar-refractivity contribution in [1.29, 1.82) is 0 Å². The fourth-order valence-electron chi connectivity index (χ4n) is 0. The summed E-state index contributed by atoms with van der Waals surface area (Å²) in [4.78, 5) is 18.0. The molecular weight excluding hydrogens is 496 g/mol. The summed E-state index contributed by atoms with van der Waals surface area (Å²) in [6.07, 6.45) is 0. The Morgan fingerprint density at radius 2 is 0.395 bits per heavy atom. The minimum absolute atomic E-state index is 0.306. The van der Waals surface area contributed by atoms with E-state index in [1.807, 2.05) is 83.1 Å².